The number of carbonyl (C=O) groups excluding carboxylic acids is 2. The Morgan fingerprint density at radius 2 is 2.00 bits per heavy atom. The van der Waals surface area contributed by atoms with Gasteiger partial charge in [0.15, 0.2) is 0 Å². The zero-order chi connectivity index (χ0) is 15.0. The van der Waals surface area contributed by atoms with Crippen molar-refractivity contribution in [3.8, 4) is 5.75 Å². The first kappa shape index (κ1) is 15.9. The number of benzene rings is 1. The van der Waals surface area contributed by atoms with Crippen LogP contribution in [0.1, 0.15) is 5.56 Å². The molecule has 0 radical (unpaired) electrons. The summed E-state index contributed by atoms with van der Waals surface area (Å²) >= 11 is 4.59. The van der Waals surface area contributed by atoms with Crippen LogP contribution in [-0.2, 0) is 16.0 Å². The van der Waals surface area contributed by atoms with E-state index in [9.17, 15) is 9.59 Å². The number of rotatable bonds is 6. The van der Waals surface area contributed by atoms with Crippen molar-refractivity contribution >= 4 is 29.0 Å². The lowest BCUT2D eigenvalue weighted by Gasteiger charge is -2.07. The molecule has 0 atom stereocenters. The number of nitrogens with two attached hydrogens (primary N) is 1. The van der Waals surface area contributed by atoms with Gasteiger partial charge in [-0.15, -0.1) is 0 Å². The van der Waals surface area contributed by atoms with Crippen LogP contribution in [0.15, 0.2) is 24.3 Å². The van der Waals surface area contributed by atoms with Gasteiger partial charge < -0.3 is 21.1 Å². The number of ether oxygens (including phenoxy) is 1. The van der Waals surface area contributed by atoms with Crippen LogP contribution in [0.4, 0.5) is 0 Å². The van der Waals surface area contributed by atoms with Crippen LogP contribution < -0.4 is 21.1 Å². The molecule has 0 saturated carbocycles. The van der Waals surface area contributed by atoms with Crippen molar-refractivity contribution in [2.75, 3.05) is 20.2 Å². The second kappa shape index (κ2) is 8.11. The van der Waals surface area contributed by atoms with E-state index in [1.54, 1.807) is 7.11 Å². The maximum absolute atomic E-state index is 11.4. The average Bonchev–Trinajstić information content (AvgIpc) is 2.44. The standard InChI is InChI=1S/C13H17N3O3S/c1-19-10-4-2-3-9(7-10)5-6-15-12(17)13(18)16-8-11(14)20/h2-4,7H,5-6,8H2,1H3,(H2,14,20)(H,15,17)(H,16,18). The molecule has 0 aliphatic rings. The van der Waals surface area contributed by atoms with E-state index in [1.807, 2.05) is 24.3 Å². The van der Waals surface area contributed by atoms with Crippen LogP contribution in [0.2, 0.25) is 0 Å². The second-order valence-corrected chi connectivity index (χ2v) is 4.53. The molecule has 0 fully saturated rings. The minimum Gasteiger partial charge on any atom is -0.497 e. The number of thiocarbonyl (C=S) groups is 1. The summed E-state index contributed by atoms with van der Waals surface area (Å²) < 4.78 is 5.10. The summed E-state index contributed by atoms with van der Waals surface area (Å²) in [4.78, 5) is 22.9. The van der Waals surface area contributed by atoms with Gasteiger partial charge in [-0.05, 0) is 24.1 Å². The monoisotopic (exact) mass is 295 g/mol. The molecule has 0 aliphatic carbocycles. The van der Waals surface area contributed by atoms with Crippen molar-refractivity contribution in [1.29, 1.82) is 0 Å². The van der Waals surface area contributed by atoms with Crippen molar-refractivity contribution in [2.24, 2.45) is 5.73 Å². The van der Waals surface area contributed by atoms with Crippen LogP contribution in [0, 0.1) is 0 Å². The van der Waals surface area contributed by atoms with Crippen LogP contribution in [-0.4, -0.2) is 37.0 Å². The molecular formula is C13H17N3O3S. The van der Waals surface area contributed by atoms with Crippen LogP contribution >= 0.6 is 12.2 Å². The Bertz CT molecular complexity index is 505. The highest BCUT2D eigenvalue weighted by Crippen LogP contribution is 2.12. The summed E-state index contributed by atoms with van der Waals surface area (Å²) in [7, 11) is 1.59. The predicted molar refractivity (Wildman–Crippen MR) is 79.5 cm³/mol. The molecule has 0 saturated heterocycles. The van der Waals surface area contributed by atoms with Gasteiger partial charge in [0, 0.05) is 6.54 Å². The minimum absolute atomic E-state index is 0.0114. The molecule has 0 aliphatic heterocycles. The van der Waals surface area contributed by atoms with Crippen molar-refractivity contribution in [2.45, 2.75) is 6.42 Å². The van der Waals surface area contributed by atoms with E-state index < -0.39 is 11.8 Å². The average molecular weight is 295 g/mol. The Morgan fingerprint density at radius 1 is 1.30 bits per heavy atom. The molecule has 6 nitrogen and oxygen atoms in total. The molecular weight excluding hydrogens is 278 g/mol. The highest BCUT2D eigenvalue weighted by molar-refractivity contribution is 7.80. The van der Waals surface area contributed by atoms with E-state index in [-0.39, 0.29) is 11.5 Å². The van der Waals surface area contributed by atoms with Gasteiger partial charge in [0.25, 0.3) is 0 Å². The topological polar surface area (TPSA) is 93.4 Å². The first-order valence-electron chi connectivity index (χ1n) is 6.00. The first-order valence-corrected chi connectivity index (χ1v) is 6.41. The number of hydrogen-bond donors (Lipinski definition) is 3. The summed E-state index contributed by atoms with van der Waals surface area (Å²) in [5.74, 6) is -0.699. The van der Waals surface area contributed by atoms with Crippen LogP contribution in [0.5, 0.6) is 5.75 Å². The van der Waals surface area contributed by atoms with E-state index >= 15 is 0 Å². The Balaban J connectivity index is 2.34. The smallest absolute Gasteiger partial charge is 0.309 e. The fourth-order valence-electron chi connectivity index (χ4n) is 1.48. The second-order valence-electron chi connectivity index (χ2n) is 4.01. The Hall–Kier alpha value is -2.15. The number of carbonyl (C=O) groups is 2. The number of amides is 2. The maximum Gasteiger partial charge on any atom is 0.309 e. The van der Waals surface area contributed by atoms with Gasteiger partial charge in [-0.1, -0.05) is 24.4 Å². The van der Waals surface area contributed by atoms with Gasteiger partial charge >= 0.3 is 11.8 Å². The van der Waals surface area contributed by atoms with Crippen molar-refractivity contribution < 1.29 is 14.3 Å². The summed E-state index contributed by atoms with van der Waals surface area (Å²) in [5, 5.41) is 4.83. The molecule has 0 heterocycles. The third-order valence-electron chi connectivity index (χ3n) is 2.46. The third kappa shape index (κ3) is 5.66. The van der Waals surface area contributed by atoms with Gasteiger partial charge in [0.2, 0.25) is 0 Å². The first-order chi connectivity index (χ1) is 9.52. The minimum atomic E-state index is -0.747. The Morgan fingerprint density at radius 3 is 2.65 bits per heavy atom. The van der Waals surface area contributed by atoms with E-state index in [4.69, 9.17) is 10.5 Å². The largest absolute Gasteiger partial charge is 0.497 e. The lowest BCUT2D eigenvalue weighted by atomic mass is 10.1. The van der Waals surface area contributed by atoms with Crippen LogP contribution in [0.3, 0.4) is 0 Å². The highest BCUT2D eigenvalue weighted by atomic mass is 32.1. The molecule has 0 bridgehead atoms. The molecule has 20 heavy (non-hydrogen) atoms. The molecule has 2 amide bonds. The molecule has 7 heteroatoms. The molecule has 0 unspecified atom stereocenters. The molecule has 1 rings (SSSR count). The SMILES string of the molecule is COc1cccc(CCNC(=O)C(=O)NCC(N)=S)c1. The van der Waals surface area contributed by atoms with E-state index in [2.05, 4.69) is 22.9 Å². The van der Waals surface area contributed by atoms with Gasteiger partial charge in [-0.2, -0.15) is 0 Å². The number of nitrogens with one attached hydrogen (secondary N) is 2. The van der Waals surface area contributed by atoms with E-state index in [0.717, 1.165) is 11.3 Å². The van der Waals surface area contributed by atoms with Crippen molar-refractivity contribution in [3.63, 3.8) is 0 Å². The predicted octanol–water partition coefficient (Wildman–Crippen LogP) is -0.244. The fraction of sp³-hybridized carbons (Fsp3) is 0.308. The lowest BCUT2D eigenvalue weighted by molar-refractivity contribution is -0.139. The highest BCUT2D eigenvalue weighted by Gasteiger charge is 2.12. The van der Waals surface area contributed by atoms with Crippen LogP contribution in [0.25, 0.3) is 0 Å². The quantitative estimate of drug-likeness (QED) is 0.497. The number of methoxy groups -OCH3 is 1. The lowest BCUT2D eigenvalue weighted by Crippen LogP contribution is -2.43. The molecule has 4 N–H and O–H groups in total. The summed E-state index contributed by atoms with van der Waals surface area (Å²) in [6, 6.07) is 7.50. The molecule has 0 aromatic heterocycles. The van der Waals surface area contributed by atoms with Crippen molar-refractivity contribution in [1.82, 2.24) is 10.6 Å². The van der Waals surface area contributed by atoms with E-state index in [0.29, 0.717) is 13.0 Å². The zero-order valence-electron chi connectivity index (χ0n) is 11.1. The summed E-state index contributed by atoms with van der Waals surface area (Å²) in [6.45, 7) is 0.365. The third-order valence-corrected chi connectivity index (χ3v) is 2.61. The summed E-state index contributed by atoms with van der Waals surface area (Å²) in [5.41, 5.74) is 6.23. The summed E-state index contributed by atoms with van der Waals surface area (Å²) in [6.07, 6.45) is 0.603. The van der Waals surface area contributed by atoms with Gasteiger partial charge in [-0.25, -0.2) is 0 Å². The molecule has 1 aromatic carbocycles. The number of hydrogen-bond acceptors (Lipinski definition) is 4. The van der Waals surface area contributed by atoms with Crippen molar-refractivity contribution in [3.05, 3.63) is 29.8 Å². The zero-order valence-corrected chi connectivity index (χ0v) is 12.0. The Labute approximate surface area is 122 Å². The Kier molecular flexibility index (Phi) is 6.45. The van der Waals surface area contributed by atoms with Gasteiger partial charge in [0.1, 0.15) is 5.75 Å². The normalized spacial score (nSPS) is 9.65. The molecule has 108 valence electrons. The van der Waals surface area contributed by atoms with Gasteiger partial charge in [0.05, 0.1) is 18.6 Å². The molecule has 0 spiro atoms. The van der Waals surface area contributed by atoms with Gasteiger partial charge in [-0.3, -0.25) is 9.59 Å². The molecule has 1 aromatic rings. The maximum atomic E-state index is 11.4. The fourth-order valence-corrected chi connectivity index (χ4v) is 1.55. The van der Waals surface area contributed by atoms with E-state index in [1.165, 1.54) is 0 Å².